The summed E-state index contributed by atoms with van der Waals surface area (Å²) < 4.78 is 1.38. The number of hydrogen-bond acceptors (Lipinski definition) is 4. The van der Waals surface area contributed by atoms with Gasteiger partial charge in [0.25, 0.3) is 0 Å². The predicted octanol–water partition coefficient (Wildman–Crippen LogP) is 2.84. The maximum absolute atomic E-state index is 10.8. The third kappa shape index (κ3) is 23.7. The van der Waals surface area contributed by atoms with E-state index in [0.29, 0.717) is 0 Å². The summed E-state index contributed by atoms with van der Waals surface area (Å²) in [6.45, 7) is 4.21. The Balaban J connectivity index is -0.000000448. The quantitative estimate of drug-likeness (QED) is 0.361. The normalized spacial score (nSPS) is 8.74. The molecule has 4 N–H and O–H groups in total. The van der Waals surface area contributed by atoms with E-state index in [1.807, 2.05) is 0 Å². The number of amides is 2. The van der Waals surface area contributed by atoms with E-state index < -0.39 is 12.2 Å². The Kier molecular flexibility index (Phi) is 23.3. The molecule has 0 aliphatic heterocycles. The van der Waals surface area contributed by atoms with Crippen molar-refractivity contribution in [3.05, 3.63) is 0 Å². The minimum absolute atomic E-state index is 0. The molecule has 0 spiro atoms. The summed E-state index contributed by atoms with van der Waals surface area (Å²) >= 11 is 2.80. The molecule has 0 aromatic rings. The second-order valence-corrected chi connectivity index (χ2v) is 5.55. The fourth-order valence-corrected chi connectivity index (χ4v) is 2.86. The van der Waals surface area contributed by atoms with Gasteiger partial charge in [0.15, 0.2) is 0 Å². The molecule has 2 amide bonds. The Morgan fingerprint density at radius 1 is 1.05 bits per heavy atom. The van der Waals surface area contributed by atoms with Crippen molar-refractivity contribution < 1.29 is 19.8 Å². The van der Waals surface area contributed by atoms with Crippen molar-refractivity contribution in [3.8, 4) is 0 Å². The number of carbonyl (C=O) groups is 2. The molecule has 110 valence electrons. The van der Waals surface area contributed by atoms with E-state index in [1.165, 1.54) is 27.6 Å². The van der Waals surface area contributed by atoms with Crippen LogP contribution < -0.4 is 5.73 Å². The molecule has 0 bridgehead atoms. The van der Waals surface area contributed by atoms with Gasteiger partial charge in [-0.1, -0.05) is 26.7 Å². The second-order valence-electron chi connectivity index (χ2n) is 3.25. The molecule has 0 fully saturated rings. The summed E-state index contributed by atoms with van der Waals surface area (Å²) in [5, 5.41) is 16.1. The van der Waals surface area contributed by atoms with E-state index in [1.54, 1.807) is 0 Å². The first-order valence-corrected chi connectivity index (χ1v) is 7.61. The maximum atomic E-state index is 10.8. The molecule has 0 saturated heterocycles. The minimum atomic E-state index is -1.33. The van der Waals surface area contributed by atoms with Crippen molar-refractivity contribution >= 4 is 65.6 Å². The van der Waals surface area contributed by atoms with E-state index in [4.69, 9.17) is 15.0 Å². The van der Waals surface area contributed by atoms with Crippen LogP contribution in [0.2, 0.25) is 0 Å². The van der Waals surface area contributed by atoms with Gasteiger partial charge in [-0.25, -0.2) is 9.59 Å². The van der Waals surface area contributed by atoms with Crippen LogP contribution in [0.1, 0.15) is 39.5 Å². The van der Waals surface area contributed by atoms with Crippen molar-refractivity contribution in [1.29, 1.82) is 0 Å². The molecule has 0 unspecified atom stereocenters. The average Bonchev–Trinajstić information content (AvgIpc) is 2.26. The fourth-order valence-electron chi connectivity index (χ4n) is 0.731. The van der Waals surface area contributed by atoms with Gasteiger partial charge in [0.05, 0.1) is 0 Å². The molecular weight excluding hydrogens is 299 g/mol. The third-order valence-corrected chi connectivity index (χ3v) is 3.93. The summed E-state index contributed by atoms with van der Waals surface area (Å²) in [4.78, 5) is 19.5. The molecule has 0 aromatic carbocycles. The van der Waals surface area contributed by atoms with Crippen LogP contribution >= 0.6 is 23.9 Å². The zero-order valence-corrected chi connectivity index (χ0v) is 12.4. The van der Waals surface area contributed by atoms with Crippen LogP contribution in [0, 0.1) is 0 Å². The van der Waals surface area contributed by atoms with Crippen LogP contribution in [0.5, 0.6) is 0 Å². The summed E-state index contributed by atoms with van der Waals surface area (Å²) in [6.07, 6.45) is 2.19. The molecule has 19 heavy (non-hydrogen) atoms. The van der Waals surface area contributed by atoms with Crippen LogP contribution in [-0.2, 0) is 0 Å². The SMILES string of the molecule is CCCCSN(SCCCC)C(=O)O.NC(=O)O.[NaH]. The summed E-state index contributed by atoms with van der Waals surface area (Å²) in [7, 11) is 0. The van der Waals surface area contributed by atoms with E-state index >= 15 is 0 Å². The zero-order chi connectivity index (χ0) is 14.4. The first kappa shape index (κ1) is 24.3. The Labute approximate surface area is 145 Å². The molecule has 0 aliphatic rings. The topological polar surface area (TPSA) is 104 Å². The van der Waals surface area contributed by atoms with Gasteiger partial charge < -0.3 is 15.9 Å². The Morgan fingerprint density at radius 2 is 1.37 bits per heavy atom. The standard InChI is InChI=1S/C9H19NO2S2.CH3NO2.Na.H/c1-3-5-7-13-10(9(11)12)14-8-6-4-2;2-1(3)4;;/h3-8H2,1-2H3,(H,11,12);2H2,(H,3,4);;. The number of hydrogen-bond donors (Lipinski definition) is 3. The van der Waals surface area contributed by atoms with Crippen molar-refractivity contribution in [3.63, 3.8) is 0 Å². The predicted molar refractivity (Wildman–Crippen MR) is 84.0 cm³/mol. The molecule has 0 aliphatic carbocycles. The first-order valence-electron chi connectivity index (χ1n) is 5.72. The zero-order valence-electron chi connectivity index (χ0n) is 10.8. The molecule has 0 saturated carbocycles. The average molecular weight is 322 g/mol. The molecule has 0 radical (unpaired) electrons. The van der Waals surface area contributed by atoms with Gasteiger partial charge in [-0.2, -0.15) is 3.71 Å². The summed E-state index contributed by atoms with van der Waals surface area (Å²) in [6, 6.07) is 0. The van der Waals surface area contributed by atoms with Gasteiger partial charge in [0.1, 0.15) is 0 Å². The van der Waals surface area contributed by atoms with Crippen molar-refractivity contribution in [2.24, 2.45) is 5.73 Å². The number of rotatable bonds is 8. The number of unbranched alkanes of at least 4 members (excludes halogenated alkanes) is 2. The van der Waals surface area contributed by atoms with Gasteiger partial charge >= 0.3 is 41.7 Å². The first-order chi connectivity index (χ1) is 8.45. The number of primary amides is 1. The Bertz CT molecular complexity index is 222. The van der Waals surface area contributed by atoms with Crippen LogP contribution in [0.3, 0.4) is 0 Å². The van der Waals surface area contributed by atoms with Gasteiger partial charge in [0, 0.05) is 11.5 Å². The molecule has 0 heterocycles. The van der Waals surface area contributed by atoms with E-state index in [9.17, 15) is 4.79 Å². The van der Waals surface area contributed by atoms with Crippen LogP contribution in [0.15, 0.2) is 0 Å². The second kappa shape index (κ2) is 18.2. The molecular formula is C10H23N2NaO4S2. The summed E-state index contributed by atoms with van der Waals surface area (Å²) in [5.41, 5.74) is 4.03. The molecule has 9 heteroatoms. The number of nitrogens with zero attached hydrogens (tertiary/aromatic N) is 1. The van der Waals surface area contributed by atoms with Gasteiger partial charge in [0.2, 0.25) is 0 Å². The van der Waals surface area contributed by atoms with E-state index in [0.717, 1.165) is 37.2 Å². The molecule has 0 aromatic heterocycles. The Morgan fingerprint density at radius 3 is 1.58 bits per heavy atom. The van der Waals surface area contributed by atoms with Gasteiger partial charge in [-0.15, -0.1) is 0 Å². The monoisotopic (exact) mass is 322 g/mol. The van der Waals surface area contributed by atoms with Crippen LogP contribution in [0.4, 0.5) is 9.59 Å². The van der Waals surface area contributed by atoms with Crippen molar-refractivity contribution in [2.45, 2.75) is 39.5 Å². The Hall–Kier alpha value is 0.240. The summed E-state index contributed by atoms with van der Waals surface area (Å²) in [5.74, 6) is 1.78. The van der Waals surface area contributed by atoms with Crippen LogP contribution in [0.25, 0.3) is 0 Å². The van der Waals surface area contributed by atoms with Gasteiger partial charge in [-0.3, -0.25) is 0 Å². The van der Waals surface area contributed by atoms with Gasteiger partial charge in [-0.05, 0) is 36.7 Å². The third-order valence-electron chi connectivity index (χ3n) is 1.57. The van der Waals surface area contributed by atoms with E-state index in [2.05, 4.69) is 19.6 Å². The van der Waals surface area contributed by atoms with Crippen molar-refractivity contribution in [1.82, 2.24) is 3.71 Å². The van der Waals surface area contributed by atoms with Crippen LogP contribution in [-0.4, -0.2) is 67.2 Å². The number of carboxylic acid groups (broad SMARTS) is 2. The molecule has 0 rings (SSSR count). The molecule has 6 nitrogen and oxygen atoms in total. The van der Waals surface area contributed by atoms with Crippen molar-refractivity contribution in [2.75, 3.05) is 11.5 Å². The molecule has 0 atom stereocenters. The fraction of sp³-hybridized carbons (Fsp3) is 0.800. The van der Waals surface area contributed by atoms with E-state index in [-0.39, 0.29) is 29.6 Å². The number of nitrogens with two attached hydrogens (primary N) is 1.